The van der Waals surface area contributed by atoms with Crippen LogP contribution in [0, 0.1) is 12.8 Å². The highest BCUT2D eigenvalue weighted by molar-refractivity contribution is 5.82. The van der Waals surface area contributed by atoms with Crippen molar-refractivity contribution in [2.75, 3.05) is 13.1 Å². The summed E-state index contributed by atoms with van der Waals surface area (Å²) in [5, 5.41) is 9.20. The minimum absolute atomic E-state index is 0.845. The third-order valence-corrected chi connectivity index (χ3v) is 4.08. The fourth-order valence-electron chi connectivity index (χ4n) is 3.03. The van der Waals surface area contributed by atoms with Crippen molar-refractivity contribution in [2.24, 2.45) is 13.0 Å². The smallest absolute Gasteiger partial charge is 0.0684 e. The van der Waals surface area contributed by atoms with E-state index in [0.29, 0.717) is 0 Å². The Bertz CT molecular complexity index is 550. The molecule has 3 heteroatoms. The summed E-state index contributed by atoms with van der Waals surface area (Å²) in [6.45, 7) is 4.43. The van der Waals surface area contributed by atoms with Crippen LogP contribution < -0.4 is 5.32 Å². The zero-order chi connectivity index (χ0) is 12.5. The van der Waals surface area contributed by atoms with E-state index in [1.54, 1.807) is 0 Å². The van der Waals surface area contributed by atoms with E-state index in [1.165, 1.54) is 48.8 Å². The van der Waals surface area contributed by atoms with Crippen molar-refractivity contribution in [3.63, 3.8) is 0 Å². The molecule has 18 heavy (non-hydrogen) atoms. The van der Waals surface area contributed by atoms with Gasteiger partial charge in [0.25, 0.3) is 0 Å². The Morgan fingerprint density at radius 2 is 2.11 bits per heavy atom. The van der Waals surface area contributed by atoms with Crippen molar-refractivity contribution >= 4 is 10.9 Å². The van der Waals surface area contributed by atoms with Crippen molar-refractivity contribution in [3.05, 3.63) is 29.5 Å². The second-order valence-corrected chi connectivity index (χ2v) is 5.46. The molecule has 96 valence electrons. The maximum absolute atomic E-state index is 4.48. The predicted octanol–water partition coefficient (Wildman–Crippen LogP) is 2.42. The van der Waals surface area contributed by atoms with E-state index in [0.717, 1.165) is 11.6 Å². The van der Waals surface area contributed by atoms with Gasteiger partial charge in [-0.05, 0) is 56.8 Å². The van der Waals surface area contributed by atoms with Crippen LogP contribution >= 0.6 is 0 Å². The summed E-state index contributed by atoms with van der Waals surface area (Å²) in [5.74, 6) is 0.845. The Balaban J connectivity index is 1.86. The number of rotatable bonds is 2. The predicted molar refractivity (Wildman–Crippen MR) is 74.7 cm³/mol. The van der Waals surface area contributed by atoms with Crippen molar-refractivity contribution in [1.29, 1.82) is 0 Å². The van der Waals surface area contributed by atoms with Gasteiger partial charge >= 0.3 is 0 Å². The molecule has 0 saturated carbocycles. The van der Waals surface area contributed by atoms with Crippen LogP contribution in [0.15, 0.2) is 18.2 Å². The second kappa shape index (κ2) is 4.73. The average molecular weight is 243 g/mol. The van der Waals surface area contributed by atoms with Crippen molar-refractivity contribution in [1.82, 2.24) is 15.1 Å². The van der Waals surface area contributed by atoms with Crippen LogP contribution in [0.3, 0.4) is 0 Å². The molecule has 1 N–H and O–H groups in total. The number of nitrogens with zero attached hydrogens (tertiary/aromatic N) is 2. The topological polar surface area (TPSA) is 29.9 Å². The minimum Gasteiger partial charge on any atom is -0.317 e. The van der Waals surface area contributed by atoms with Gasteiger partial charge in [-0.1, -0.05) is 12.1 Å². The molecule has 0 amide bonds. The fraction of sp³-hybridized carbons (Fsp3) is 0.533. The monoisotopic (exact) mass is 243 g/mol. The van der Waals surface area contributed by atoms with Crippen molar-refractivity contribution in [3.8, 4) is 0 Å². The van der Waals surface area contributed by atoms with E-state index >= 15 is 0 Å². The lowest BCUT2D eigenvalue weighted by atomic mass is 9.91. The molecule has 3 nitrogen and oxygen atoms in total. The first-order valence-electron chi connectivity index (χ1n) is 6.87. The van der Waals surface area contributed by atoms with Gasteiger partial charge in [-0.25, -0.2) is 0 Å². The van der Waals surface area contributed by atoms with Gasteiger partial charge in [0.1, 0.15) is 0 Å². The standard InChI is InChI=1S/C15H21N3/c1-11-14-4-3-13(10-15(14)18(2)17-11)9-12-5-7-16-8-6-12/h3-4,10,12,16H,5-9H2,1-2H3. The van der Waals surface area contributed by atoms with E-state index in [9.17, 15) is 0 Å². The van der Waals surface area contributed by atoms with Crippen LogP contribution in [0.25, 0.3) is 10.9 Å². The molecule has 3 rings (SSSR count). The Labute approximate surface area is 108 Å². The maximum atomic E-state index is 4.48. The Kier molecular flexibility index (Phi) is 3.08. The number of piperidine rings is 1. The lowest BCUT2D eigenvalue weighted by molar-refractivity contribution is 0.373. The third kappa shape index (κ3) is 2.15. The molecule has 2 heterocycles. The first kappa shape index (κ1) is 11.7. The molecule has 0 spiro atoms. The molecule has 1 aromatic carbocycles. The first-order valence-corrected chi connectivity index (χ1v) is 6.87. The Morgan fingerprint density at radius 3 is 2.89 bits per heavy atom. The molecule has 2 aromatic rings. The zero-order valence-electron chi connectivity index (χ0n) is 11.2. The number of benzene rings is 1. The summed E-state index contributed by atoms with van der Waals surface area (Å²) in [6.07, 6.45) is 3.83. The first-order chi connectivity index (χ1) is 8.74. The molecule has 1 aliphatic heterocycles. The normalized spacial score (nSPS) is 17.4. The summed E-state index contributed by atoms with van der Waals surface area (Å²) in [4.78, 5) is 0. The molecule has 1 saturated heterocycles. The van der Waals surface area contributed by atoms with Crippen LogP contribution in [-0.2, 0) is 13.5 Å². The molecule has 1 fully saturated rings. The molecule has 0 unspecified atom stereocenters. The number of fused-ring (bicyclic) bond motifs is 1. The summed E-state index contributed by atoms with van der Waals surface area (Å²) in [6, 6.07) is 6.82. The lowest BCUT2D eigenvalue weighted by Gasteiger charge is -2.22. The van der Waals surface area contributed by atoms with E-state index in [2.05, 4.69) is 35.5 Å². The van der Waals surface area contributed by atoms with Gasteiger partial charge in [0.2, 0.25) is 0 Å². The molecule has 0 aliphatic carbocycles. The highest BCUT2D eigenvalue weighted by Crippen LogP contribution is 2.23. The third-order valence-electron chi connectivity index (χ3n) is 4.08. The van der Waals surface area contributed by atoms with Gasteiger partial charge in [-0.3, -0.25) is 4.68 Å². The highest BCUT2D eigenvalue weighted by Gasteiger charge is 2.14. The van der Waals surface area contributed by atoms with Gasteiger partial charge in [-0.2, -0.15) is 5.10 Å². The number of hydrogen-bond acceptors (Lipinski definition) is 2. The summed E-state index contributed by atoms with van der Waals surface area (Å²) in [5.41, 5.74) is 3.84. The van der Waals surface area contributed by atoms with Crippen molar-refractivity contribution in [2.45, 2.75) is 26.2 Å². The Morgan fingerprint density at radius 1 is 1.33 bits per heavy atom. The molecule has 1 aromatic heterocycles. The van der Waals surface area contributed by atoms with Gasteiger partial charge < -0.3 is 5.32 Å². The highest BCUT2D eigenvalue weighted by atomic mass is 15.3. The summed E-state index contributed by atoms with van der Waals surface area (Å²) >= 11 is 0. The molecule has 0 atom stereocenters. The average Bonchev–Trinajstić information content (AvgIpc) is 2.66. The SMILES string of the molecule is Cc1nn(C)c2cc(CC3CCNCC3)ccc12. The Hall–Kier alpha value is -1.35. The molecular weight excluding hydrogens is 222 g/mol. The summed E-state index contributed by atoms with van der Waals surface area (Å²) < 4.78 is 2.00. The number of aryl methyl sites for hydroxylation is 2. The van der Waals surface area contributed by atoms with Crippen LogP contribution in [0.2, 0.25) is 0 Å². The van der Waals surface area contributed by atoms with E-state index in [-0.39, 0.29) is 0 Å². The molecular formula is C15H21N3. The zero-order valence-corrected chi connectivity index (χ0v) is 11.2. The largest absolute Gasteiger partial charge is 0.317 e. The molecule has 0 radical (unpaired) electrons. The van der Waals surface area contributed by atoms with E-state index < -0.39 is 0 Å². The fourth-order valence-corrected chi connectivity index (χ4v) is 3.03. The van der Waals surface area contributed by atoms with E-state index in [1.807, 2.05) is 11.7 Å². The number of nitrogens with one attached hydrogen (secondary N) is 1. The van der Waals surface area contributed by atoms with Crippen LogP contribution in [0.5, 0.6) is 0 Å². The molecule has 1 aliphatic rings. The maximum Gasteiger partial charge on any atom is 0.0684 e. The van der Waals surface area contributed by atoms with Crippen LogP contribution in [-0.4, -0.2) is 22.9 Å². The van der Waals surface area contributed by atoms with Gasteiger partial charge in [0.15, 0.2) is 0 Å². The van der Waals surface area contributed by atoms with Crippen LogP contribution in [0.4, 0.5) is 0 Å². The summed E-state index contributed by atoms with van der Waals surface area (Å²) in [7, 11) is 2.03. The minimum atomic E-state index is 0.845. The van der Waals surface area contributed by atoms with Crippen LogP contribution in [0.1, 0.15) is 24.1 Å². The van der Waals surface area contributed by atoms with E-state index in [4.69, 9.17) is 0 Å². The molecule has 0 bridgehead atoms. The van der Waals surface area contributed by atoms with Gasteiger partial charge in [0, 0.05) is 12.4 Å². The quantitative estimate of drug-likeness (QED) is 0.878. The number of aromatic nitrogens is 2. The second-order valence-electron chi connectivity index (χ2n) is 5.46. The lowest BCUT2D eigenvalue weighted by Crippen LogP contribution is -2.28. The number of hydrogen-bond donors (Lipinski definition) is 1. The van der Waals surface area contributed by atoms with Gasteiger partial charge in [-0.15, -0.1) is 0 Å². The van der Waals surface area contributed by atoms with Crippen molar-refractivity contribution < 1.29 is 0 Å². The van der Waals surface area contributed by atoms with Gasteiger partial charge in [0.05, 0.1) is 11.2 Å².